The van der Waals surface area contributed by atoms with Crippen molar-refractivity contribution in [3.8, 4) is 0 Å². The number of rotatable bonds is 2. The van der Waals surface area contributed by atoms with E-state index in [9.17, 15) is 13.2 Å². The van der Waals surface area contributed by atoms with Crippen LogP contribution in [0.4, 0.5) is 13.2 Å². The number of aliphatic hydroxyl groups excluding tert-OH is 2. The molecule has 0 saturated carbocycles. The number of aliphatic hydroxyl groups is 2. The van der Waals surface area contributed by atoms with Crippen LogP contribution in [0.5, 0.6) is 0 Å². The van der Waals surface area contributed by atoms with E-state index in [1.807, 2.05) is 0 Å². The molecule has 17 heavy (non-hydrogen) atoms. The van der Waals surface area contributed by atoms with Crippen molar-refractivity contribution in [2.75, 3.05) is 14.1 Å². The van der Waals surface area contributed by atoms with Crippen molar-refractivity contribution >= 4 is 10.1 Å². The summed E-state index contributed by atoms with van der Waals surface area (Å²) in [5, 5.41) is 18.1. The summed E-state index contributed by atoms with van der Waals surface area (Å²) in [6, 6.07) is 0. The van der Waals surface area contributed by atoms with E-state index in [4.69, 9.17) is 23.2 Å². The van der Waals surface area contributed by atoms with Gasteiger partial charge in [-0.1, -0.05) is 0 Å². The maximum atomic E-state index is 10.7. The van der Waals surface area contributed by atoms with Gasteiger partial charge in [0.15, 0.2) is 22.6 Å². The lowest BCUT2D eigenvalue weighted by Gasteiger charge is -2.35. The first-order valence-electron chi connectivity index (χ1n) is 4.35. The summed E-state index contributed by atoms with van der Waals surface area (Å²) in [5.41, 5.74) is -5.65. The van der Waals surface area contributed by atoms with Gasteiger partial charge in [-0.05, 0) is 0 Å². The highest BCUT2D eigenvalue weighted by Gasteiger charge is 2.36. The normalized spacial score (nSPS) is 16.8. The van der Waals surface area contributed by atoms with E-state index in [1.165, 1.54) is 0 Å². The lowest BCUT2D eigenvalue weighted by atomic mass is 10.4. The number of hydrogen-bond acceptors (Lipinski definition) is 5. The van der Waals surface area contributed by atoms with Crippen LogP contribution < -0.4 is 0 Å². The standard InChI is InChI=1S/C6H16NO2.CHF3O3S/c1-5(8)7(3,4)6(2)9;2-1(3,4)8(5,6)7/h5-6,8-9H,1-4H3;(H,5,6,7)/q+1;/p-1. The van der Waals surface area contributed by atoms with Gasteiger partial charge >= 0.3 is 5.51 Å². The molecule has 0 fully saturated rings. The van der Waals surface area contributed by atoms with Crippen LogP contribution in [0.15, 0.2) is 0 Å². The minimum atomic E-state index is -6.09. The van der Waals surface area contributed by atoms with E-state index >= 15 is 0 Å². The van der Waals surface area contributed by atoms with Crippen LogP contribution in [-0.2, 0) is 10.1 Å². The molecule has 2 N–H and O–H groups in total. The maximum Gasteiger partial charge on any atom is 0.485 e. The molecular weight excluding hydrogens is 267 g/mol. The topological polar surface area (TPSA) is 97.7 Å². The fourth-order valence-corrected chi connectivity index (χ4v) is 0.312. The average Bonchev–Trinajstić information content (AvgIpc) is 2.00. The lowest BCUT2D eigenvalue weighted by Crippen LogP contribution is -2.53. The molecule has 10 heteroatoms. The van der Waals surface area contributed by atoms with Crippen molar-refractivity contribution in [2.24, 2.45) is 0 Å². The highest BCUT2D eigenvalue weighted by atomic mass is 32.2. The maximum absolute atomic E-state index is 10.7. The highest BCUT2D eigenvalue weighted by molar-refractivity contribution is 7.86. The Morgan fingerprint density at radius 3 is 1.29 bits per heavy atom. The minimum absolute atomic E-state index is 0.222. The molecule has 0 amide bonds. The van der Waals surface area contributed by atoms with Crippen LogP contribution in [0.1, 0.15) is 13.8 Å². The average molecular weight is 283 g/mol. The largest absolute Gasteiger partial charge is 0.741 e. The molecule has 0 aromatic rings. The third kappa shape index (κ3) is 6.78. The predicted molar refractivity (Wildman–Crippen MR) is 51.2 cm³/mol. The number of halogens is 3. The number of alkyl halides is 3. The highest BCUT2D eigenvalue weighted by Crippen LogP contribution is 2.20. The second kappa shape index (κ2) is 5.96. The fourth-order valence-electron chi connectivity index (χ4n) is 0.312. The van der Waals surface area contributed by atoms with Crippen molar-refractivity contribution < 1.29 is 40.8 Å². The Kier molecular flexibility index (Phi) is 6.63. The van der Waals surface area contributed by atoms with Crippen LogP contribution >= 0.6 is 0 Å². The Hall–Kier alpha value is -0.420. The molecule has 0 aromatic carbocycles. The third-order valence-corrected chi connectivity index (χ3v) is 2.78. The molecule has 6 nitrogen and oxygen atoms in total. The zero-order chi connectivity index (χ0) is 14.7. The second-order valence-corrected chi connectivity index (χ2v) is 5.16. The van der Waals surface area contributed by atoms with Gasteiger partial charge in [0.1, 0.15) is 0 Å². The van der Waals surface area contributed by atoms with Crippen LogP contribution in [-0.4, -0.2) is 59.7 Å². The minimum Gasteiger partial charge on any atom is -0.741 e. The first kappa shape index (κ1) is 18.9. The van der Waals surface area contributed by atoms with Crippen molar-refractivity contribution in [3.05, 3.63) is 0 Å². The van der Waals surface area contributed by atoms with Gasteiger partial charge in [-0.3, -0.25) is 4.48 Å². The summed E-state index contributed by atoms with van der Waals surface area (Å²) in [4.78, 5) is 0. The quantitative estimate of drug-likeness (QED) is 0.316. The molecule has 0 radical (unpaired) electrons. The number of hydrogen-bond donors (Lipinski definition) is 2. The van der Waals surface area contributed by atoms with Crippen molar-refractivity contribution in [1.29, 1.82) is 0 Å². The summed E-state index contributed by atoms with van der Waals surface area (Å²) in [7, 11) is -2.54. The van der Waals surface area contributed by atoms with E-state index in [0.717, 1.165) is 0 Å². The Bertz CT molecular complexity index is 313. The zero-order valence-electron chi connectivity index (χ0n) is 9.76. The van der Waals surface area contributed by atoms with Gasteiger partial charge in [0, 0.05) is 13.8 Å². The van der Waals surface area contributed by atoms with E-state index in [0.29, 0.717) is 0 Å². The molecule has 0 spiro atoms. The number of quaternary nitrogens is 1. The number of nitrogens with zero attached hydrogens (tertiary/aromatic N) is 1. The first-order chi connectivity index (χ1) is 7.14. The van der Waals surface area contributed by atoms with Gasteiger partial charge in [0.2, 0.25) is 0 Å². The fraction of sp³-hybridized carbons (Fsp3) is 1.00. The molecule has 0 saturated heterocycles. The van der Waals surface area contributed by atoms with E-state index in [-0.39, 0.29) is 4.48 Å². The molecule has 2 atom stereocenters. The molecule has 106 valence electrons. The molecule has 0 aliphatic carbocycles. The Labute approximate surface area is 97.6 Å². The molecule has 0 rings (SSSR count). The first-order valence-corrected chi connectivity index (χ1v) is 5.76. The Morgan fingerprint density at radius 1 is 1.12 bits per heavy atom. The summed E-state index contributed by atoms with van der Waals surface area (Å²) in [5.74, 6) is 0. The van der Waals surface area contributed by atoms with E-state index in [2.05, 4.69) is 0 Å². The monoisotopic (exact) mass is 283 g/mol. The van der Waals surface area contributed by atoms with Gasteiger partial charge in [-0.2, -0.15) is 13.2 Å². The van der Waals surface area contributed by atoms with Crippen molar-refractivity contribution in [2.45, 2.75) is 31.8 Å². The van der Waals surface area contributed by atoms with Crippen molar-refractivity contribution in [3.63, 3.8) is 0 Å². The van der Waals surface area contributed by atoms with Crippen LogP contribution in [0, 0.1) is 0 Å². The Morgan fingerprint density at radius 2 is 1.29 bits per heavy atom. The third-order valence-electron chi connectivity index (χ3n) is 2.21. The molecular formula is C7H16F3NO5S. The van der Waals surface area contributed by atoms with Crippen molar-refractivity contribution in [1.82, 2.24) is 0 Å². The van der Waals surface area contributed by atoms with Gasteiger partial charge in [0.25, 0.3) is 0 Å². The van der Waals surface area contributed by atoms with Crippen LogP contribution in [0.25, 0.3) is 0 Å². The SMILES string of the molecule is CC(O)[N+](C)(C)C(C)O.O=S(=O)([O-])C(F)(F)F. The second-order valence-electron chi connectivity index (χ2n) is 3.79. The summed E-state index contributed by atoms with van der Waals surface area (Å²) in [6.07, 6.45) is -1.05. The van der Waals surface area contributed by atoms with Crippen LogP contribution in [0.2, 0.25) is 0 Å². The summed E-state index contributed by atoms with van der Waals surface area (Å²) < 4.78 is 59.1. The van der Waals surface area contributed by atoms with Crippen LogP contribution in [0.3, 0.4) is 0 Å². The molecule has 0 aliphatic heterocycles. The van der Waals surface area contributed by atoms with Gasteiger partial charge in [-0.15, -0.1) is 0 Å². The lowest BCUT2D eigenvalue weighted by molar-refractivity contribution is -0.974. The molecule has 0 aliphatic rings. The molecule has 0 aromatic heterocycles. The molecule has 0 bridgehead atoms. The molecule has 0 heterocycles. The Balaban J connectivity index is 0. The summed E-state index contributed by atoms with van der Waals surface area (Å²) in [6.45, 7) is 3.32. The zero-order valence-corrected chi connectivity index (χ0v) is 10.6. The molecule has 2 unspecified atom stereocenters. The van der Waals surface area contributed by atoms with E-state index < -0.39 is 28.1 Å². The van der Waals surface area contributed by atoms with Gasteiger partial charge in [0.05, 0.1) is 14.1 Å². The predicted octanol–water partition coefficient (Wildman–Crippen LogP) is -0.209. The smallest absolute Gasteiger partial charge is 0.485 e. The van der Waals surface area contributed by atoms with Gasteiger partial charge in [-0.25, -0.2) is 8.42 Å². The van der Waals surface area contributed by atoms with E-state index in [1.54, 1.807) is 27.9 Å². The summed E-state index contributed by atoms with van der Waals surface area (Å²) >= 11 is 0. The van der Waals surface area contributed by atoms with Gasteiger partial charge < -0.3 is 14.8 Å².